The van der Waals surface area contributed by atoms with E-state index in [1.807, 2.05) is 12.1 Å². The van der Waals surface area contributed by atoms with E-state index in [0.717, 1.165) is 12.8 Å². The van der Waals surface area contributed by atoms with Gasteiger partial charge >= 0.3 is 0 Å². The topological polar surface area (TPSA) is 66.9 Å². The molecule has 0 fully saturated rings. The van der Waals surface area contributed by atoms with E-state index in [9.17, 15) is 4.79 Å². The zero-order valence-electron chi connectivity index (χ0n) is 11.3. The molecule has 102 valence electrons. The summed E-state index contributed by atoms with van der Waals surface area (Å²) in [6.45, 7) is 0. The Morgan fingerprint density at radius 3 is 2.55 bits per heavy atom. The third-order valence-corrected chi connectivity index (χ3v) is 3.51. The summed E-state index contributed by atoms with van der Waals surface area (Å²) in [7, 11) is 1.75. The van der Waals surface area contributed by atoms with E-state index in [0.29, 0.717) is 11.5 Å². The number of benzene rings is 1. The highest BCUT2D eigenvalue weighted by Crippen LogP contribution is 2.21. The minimum atomic E-state index is -0.174. The molecule has 0 saturated heterocycles. The molecule has 3 rings (SSSR count). The molecule has 0 aliphatic heterocycles. The lowest BCUT2D eigenvalue weighted by atomic mass is 10.1. The first-order valence-corrected chi connectivity index (χ1v) is 6.63. The third kappa shape index (κ3) is 2.47. The van der Waals surface area contributed by atoms with Crippen molar-refractivity contribution in [2.24, 2.45) is 0 Å². The molecule has 1 aromatic heterocycles. The van der Waals surface area contributed by atoms with Crippen LogP contribution in [0.15, 0.2) is 36.7 Å². The van der Waals surface area contributed by atoms with Crippen LogP contribution in [0.4, 0.5) is 5.82 Å². The molecule has 2 N–H and O–H groups in total. The predicted octanol–water partition coefficient (Wildman–Crippen LogP) is 1.42. The van der Waals surface area contributed by atoms with Gasteiger partial charge in [-0.2, -0.15) is 0 Å². The normalized spacial score (nSPS) is 13.8. The molecule has 20 heavy (non-hydrogen) atoms. The van der Waals surface area contributed by atoms with Crippen molar-refractivity contribution in [1.29, 1.82) is 0 Å². The summed E-state index contributed by atoms with van der Waals surface area (Å²) in [5, 5.41) is 5.90. The molecular formula is C15H16N4O. The summed E-state index contributed by atoms with van der Waals surface area (Å²) in [6, 6.07) is 8.43. The summed E-state index contributed by atoms with van der Waals surface area (Å²) < 4.78 is 0. The summed E-state index contributed by atoms with van der Waals surface area (Å²) in [6.07, 6.45) is 4.82. The molecule has 0 spiro atoms. The molecule has 5 nitrogen and oxygen atoms in total. The Labute approximate surface area is 117 Å². The molecule has 0 atom stereocenters. The first kappa shape index (κ1) is 12.6. The molecule has 1 amide bonds. The number of carbonyl (C=O) groups is 1. The molecule has 1 aromatic carbocycles. The first-order valence-electron chi connectivity index (χ1n) is 6.63. The van der Waals surface area contributed by atoms with Crippen molar-refractivity contribution < 1.29 is 4.79 Å². The van der Waals surface area contributed by atoms with E-state index < -0.39 is 0 Å². The lowest BCUT2D eigenvalue weighted by Gasteiger charge is -2.11. The standard InChI is InChI=1S/C15H16N4O/c1-16-14-9-17-8-13(19-14)15(20)18-12-6-10-4-2-3-5-11(10)7-12/h2-5,8-9,12H,6-7H2,1H3,(H,16,19)(H,18,20). The largest absolute Gasteiger partial charge is 0.372 e. The molecule has 0 saturated carbocycles. The van der Waals surface area contributed by atoms with Crippen LogP contribution in [0.5, 0.6) is 0 Å². The van der Waals surface area contributed by atoms with Gasteiger partial charge in [0.1, 0.15) is 11.5 Å². The smallest absolute Gasteiger partial charge is 0.271 e. The Morgan fingerprint density at radius 1 is 1.20 bits per heavy atom. The van der Waals surface area contributed by atoms with Crippen LogP contribution in [-0.2, 0) is 12.8 Å². The van der Waals surface area contributed by atoms with E-state index in [1.165, 1.54) is 17.3 Å². The lowest BCUT2D eigenvalue weighted by Crippen LogP contribution is -2.35. The number of rotatable bonds is 3. The van der Waals surface area contributed by atoms with E-state index in [2.05, 4.69) is 32.7 Å². The highest BCUT2D eigenvalue weighted by Gasteiger charge is 2.23. The van der Waals surface area contributed by atoms with E-state index in [1.54, 1.807) is 13.2 Å². The number of amides is 1. The summed E-state index contributed by atoms with van der Waals surface area (Å²) in [4.78, 5) is 20.4. The number of fused-ring (bicyclic) bond motifs is 1. The zero-order chi connectivity index (χ0) is 13.9. The van der Waals surface area contributed by atoms with Crippen LogP contribution < -0.4 is 10.6 Å². The minimum Gasteiger partial charge on any atom is -0.372 e. The van der Waals surface area contributed by atoms with Gasteiger partial charge in [-0.3, -0.25) is 9.78 Å². The van der Waals surface area contributed by atoms with Gasteiger partial charge in [0.2, 0.25) is 0 Å². The van der Waals surface area contributed by atoms with Crippen molar-refractivity contribution >= 4 is 11.7 Å². The summed E-state index contributed by atoms with van der Waals surface area (Å²) in [5.74, 6) is 0.416. The van der Waals surface area contributed by atoms with Crippen LogP contribution in [0, 0.1) is 0 Å². The maximum Gasteiger partial charge on any atom is 0.271 e. The maximum atomic E-state index is 12.2. The molecular weight excluding hydrogens is 252 g/mol. The van der Waals surface area contributed by atoms with Gasteiger partial charge in [-0.25, -0.2) is 4.98 Å². The Hall–Kier alpha value is -2.43. The van der Waals surface area contributed by atoms with Crippen LogP contribution >= 0.6 is 0 Å². The molecule has 2 aromatic rings. The number of aromatic nitrogens is 2. The predicted molar refractivity (Wildman–Crippen MR) is 76.7 cm³/mol. The van der Waals surface area contributed by atoms with Crippen molar-refractivity contribution in [3.8, 4) is 0 Å². The van der Waals surface area contributed by atoms with Crippen molar-refractivity contribution in [2.75, 3.05) is 12.4 Å². The van der Waals surface area contributed by atoms with Gasteiger partial charge in [-0.15, -0.1) is 0 Å². The lowest BCUT2D eigenvalue weighted by molar-refractivity contribution is 0.0933. The highest BCUT2D eigenvalue weighted by molar-refractivity contribution is 5.92. The summed E-state index contributed by atoms with van der Waals surface area (Å²) >= 11 is 0. The van der Waals surface area contributed by atoms with Gasteiger partial charge in [-0.1, -0.05) is 24.3 Å². The van der Waals surface area contributed by atoms with Gasteiger partial charge in [0, 0.05) is 13.1 Å². The minimum absolute atomic E-state index is 0.139. The number of nitrogens with zero attached hydrogens (tertiary/aromatic N) is 2. The molecule has 5 heteroatoms. The van der Waals surface area contributed by atoms with Crippen molar-refractivity contribution in [3.63, 3.8) is 0 Å². The van der Waals surface area contributed by atoms with Gasteiger partial charge in [0.05, 0.1) is 12.4 Å². The van der Waals surface area contributed by atoms with Crippen LogP contribution in [0.1, 0.15) is 21.6 Å². The number of hydrogen-bond donors (Lipinski definition) is 2. The fourth-order valence-corrected chi connectivity index (χ4v) is 2.52. The second kappa shape index (κ2) is 5.28. The van der Waals surface area contributed by atoms with Crippen LogP contribution in [-0.4, -0.2) is 29.0 Å². The van der Waals surface area contributed by atoms with Gasteiger partial charge in [0.25, 0.3) is 5.91 Å². The fraction of sp³-hybridized carbons (Fsp3) is 0.267. The zero-order valence-corrected chi connectivity index (χ0v) is 11.3. The average Bonchev–Trinajstić information content (AvgIpc) is 2.89. The number of nitrogens with one attached hydrogen (secondary N) is 2. The first-order chi connectivity index (χ1) is 9.76. The quantitative estimate of drug-likeness (QED) is 0.883. The van der Waals surface area contributed by atoms with E-state index in [4.69, 9.17) is 0 Å². The number of anilines is 1. The second-order valence-corrected chi connectivity index (χ2v) is 4.89. The second-order valence-electron chi connectivity index (χ2n) is 4.89. The molecule has 0 radical (unpaired) electrons. The van der Waals surface area contributed by atoms with E-state index >= 15 is 0 Å². The summed E-state index contributed by atoms with van der Waals surface area (Å²) in [5.41, 5.74) is 2.97. The number of hydrogen-bond acceptors (Lipinski definition) is 4. The Morgan fingerprint density at radius 2 is 1.90 bits per heavy atom. The average molecular weight is 268 g/mol. The van der Waals surface area contributed by atoms with E-state index in [-0.39, 0.29) is 11.9 Å². The Balaban J connectivity index is 1.69. The molecule has 1 aliphatic carbocycles. The van der Waals surface area contributed by atoms with Crippen molar-refractivity contribution in [3.05, 3.63) is 53.5 Å². The van der Waals surface area contributed by atoms with Gasteiger partial charge in [0.15, 0.2) is 0 Å². The van der Waals surface area contributed by atoms with Crippen LogP contribution in [0.3, 0.4) is 0 Å². The third-order valence-electron chi connectivity index (χ3n) is 3.51. The van der Waals surface area contributed by atoms with Gasteiger partial charge < -0.3 is 10.6 Å². The number of carbonyl (C=O) groups excluding carboxylic acids is 1. The van der Waals surface area contributed by atoms with Crippen molar-refractivity contribution in [2.45, 2.75) is 18.9 Å². The molecule has 1 heterocycles. The monoisotopic (exact) mass is 268 g/mol. The van der Waals surface area contributed by atoms with Gasteiger partial charge in [-0.05, 0) is 24.0 Å². The molecule has 0 unspecified atom stereocenters. The Kier molecular flexibility index (Phi) is 3.33. The molecule has 0 bridgehead atoms. The SMILES string of the molecule is CNc1cncc(C(=O)NC2Cc3ccccc3C2)n1. The van der Waals surface area contributed by atoms with Crippen LogP contribution in [0.2, 0.25) is 0 Å². The van der Waals surface area contributed by atoms with Crippen molar-refractivity contribution in [1.82, 2.24) is 15.3 Å². The maximum absolute atomic E-state index is 12.2. The fourth-order valence-electron chi connectivity index (χ4n) is 2.52. The highest BCUT2D eigenvalue weighted by atomic mass is 16.1. The molecule has 1 aliphatic rings. The van der Waals surface area contributed by atoms with Crippen LogP contribution in [0.25, 0.3) is 0 Å². The Bertz CT molecular complexity index is 616.